The second-order valence-electron chi connectivity index (χ2n) is 5.84. The Labute approximate surface area is 168 Å². The topological polar surface area (TPSA) is 112 Å². The van der Waals surface area contributed by atoms with E-state index < -0.39 is 10.8 Å². The number of amides is 1. The van der Waals surface area contributed by atoms with Gasteiger partial charge in [0.1, 0.15) is 5.75 Å². The predicted octanol–water partition coefficient (Wildman–Crippen LogP) is 3.55. The molecule has 0 heterocycles. The molecule has 0 saturated heterocycles. The molecule has 0 atom stereocenters. The van der Waals surface area contributed by atoms with Gasteiger partial charge in [0, 0.05) is 17.2 Å². The molecule has 9 nitrogen and oxygen atoms in total. The van der Waals surface area contributed by atoms with Gasteiger partial charge in [-0.3, -0.25) is 14.9 Å². The molecule has 1 N–H and O–H groups in total. The van der Waals surface area contributed by atoms with Crippen LogP contribution in [0.5, 0.6) is 17.2 Å². The number of carbonyl (C=O) groups is 1. The first-order valence-electron chi connectivity index (χ1n) is 9.05. The zero-order chi connectivity index (χ0) is 21.2. The van der Waals surface area contributed by atoms with Gasteiger partial charge in [-0.05, 0) is 37.6 Å². The van der Waals surface area contributed by atoms with Crippen LogP contribution < -0.4 is 19.6 Å². The van der Waals surface area contributed by atoms with E-state index in [9.17, 15) is 14.9 Å². The van der Waals surface area contributed by atoms with E-state index in [1.165, 1.54) is 19.4 Å². The lowest BCUT2D eigenvalue weighted by atomic mass is 10.2. The number of nitrogens with one attached hydrogen (secondary N) is 1. The normalized spacial score (nSPS) is 10.6. The summed E-state index contributed by atoms with van der Waals surface area (Å²) in [4.78, 5) is 23.1. The van der Waals surface area contributed by atoms with Gasteiger partial charge < -0.3 is 14.2 Å². The summed E-state index contributed by atoms with van der Waals surface area (Å²) in [5, 5.41) is 15.3. The highest BCUT2D eigenvalue weighted by Crippen LogP contribution is 2.38. The summed E-state index contributed by atoms with van der Waals surface area (Å²) in [5.41, 5.74) is 2.90. The first-order chi connectivity index (χ1) is 14.0. The molecule has 0 bridgehead atoms. The predicted molar refractivity (Wildman–Crippen MR) is 108 cm³/mol. The minimum absolute atomic E-state index is 0.0799. The molecule has 0 unspecified atom stereocenters. The number of nitro benzene ring substituents is 1. The van der Waals surface area contributed by atoms with Crippen LogP contribution in [0.1, 0.15) is 36.2 Å². The summed E-state index contributed by atoms with van der Waals surface area (Å²) in [5.74, 6) is 0.427. The highest BCUT2D eigenvalue weighted by Gasteiger charge is 2.22. The Balaban J connectivity index is 2.24. The van der Waals surface area contributed by atoms with Gasteiger partial charge in [0.2, 0.25) is 5.75 Å². The molecule has 9 heteroatoms. The summed E-state index contributed by atoms with van der Waals surface area (Å²) in [6, 6.07) is 9.48. The number of methoxy groups -OCH3 is 1. The molecule has 2 rings (SSSR count). The molecule has 0 aromatic heterocycles. The fourth-order valence-corrected chi connectivity index (χ4v) is 2.42. The van der Waals surface area contributed by atoms with Gasteiger partial charge in [-0.2, -0.15) is 5.10 Å². The maximum Gasteiger partial charge on any atom is 0.315 e. The molecule has 0 saturated carbocycles. The van der Waals surface area contributed by atoms with E-state index in [1.54, 1.807) is 37.3 Å². The van der Waals surface area contributed by atoms with E-state index in [1.807, 2.05) is 6.92 Å². The number of ether oxygens (including phenoxy) is 3. The van der Waals surface area contributed by atoms with E-state index in [0.29, 0.717) is 36.5 Å². The Bertz CT molecular complexity index is 898. The van der Waals surface area contributed by atoms with E-state index in [2.05, 4.69) is 10.5 Å². The summed E-state index contributed by atoms with van der Waals surface area (Å²) in [7, 11) is 1.51. The summed E-state index contributed by atoms with van der Waals surface area (Å²) in [6.45, 7) is 4.31. The monoisotopic (exact) mass is 401 g/mol. The van der Waals surface area contributed by atoms with E-state index in [4.69, 9.17) is 14.2 Å². The summed E-state index contributed by atoms with van der Waals surface area (Å²) >= 11 is 0. The molecule has 0 aliphatic carbocycles. The fraction of sp³-hybridized carbons (Fsp3) is 0.300. The zero-order valence-electron chi connectivity index (χ0n) is 16.5. The summed E-state index contributed by atoms with van der Waals surface area (Å²) in [6.07, 6.45) is 2.00. The van der Waals surface area contributed by atoms with Gasteiger partial charge in [-0.1, -0.05) is 13.0 Å². The molecule has 2 aromatic rings. The smallest absolute Gasteiger partial charge is 0.315 e. The van der Waals surface area contributed by atoms with E-state index >= 15 is 0 Å². The third-order valence-corrected chi connectivity index (χ3v) is 3.72. The molecule has 0 aliphatic rings. The molecule has 154 valence electrons. The number of carbonyl (C=O) groups excluding carboxylic acids is 1. The molecular formula is C20H23N3O6. The lowest BCUT2D eigenvalue weighted by Gasteiger charge is -2.12. The standard InChI is InChI=1S/C20H23N3O6/c1-4-9-29-19-17(23(25)26)10-14(11-18(19)28-5-2)13-21-22-20(24)15-7-6-8-16(12-15)27-3/h6-8,10-13H,4-5,9H2,1-3H3,(H,22,24)/b21-13+. The number of hydrogen-bond donors (Lipinski definition) is 1. The van der Waals surface area contributed by atoms with Crippen LogP contribution in [0.4, 0.5) is 5.69 Å². The molecule has 0 spiro atoms. The Kier molecular flexibility index (Phi) is 7.96. The van der Waals surface area contributed by atoms with Crippen molar-refractivity contribution in [3.63, 3.8) is 0 Å². The number of nitro groups is 1. The second-order valence-corrected chi connectivity index (χ2v) is 5.84. The lowest BCUT2D eigenvalue weighted by molar-refractivity contribution is -0.386. The van der Waals surface area contributed by atoms with E-state index in [0.717, 1.165) is 0 Å². The van der Waals surface area contributed by atoms with Gasteiger partial charge in [0.05, 0.1) is 31.5 Å². The third-order valence-electron chi connectivity index (χ3n) is 3.72. The number of benzene rings is 2. The van der Waals surface area contributed by atoms with Crippen LogP contribution in [0.25, 0.3) is 0 Å². The first-order valence-corrected chi connectivity index (χ1v) is 9.05. The van der Waals surface area contributed by atoms with Crippen molar-refractivity contribution in [3.8, 4) is 17.2 Å². The molecule has 0 aliphatic heterocycles. The minimum atomic E-state index is -0.542. The fourth-order valence-electron chi connectivity index (χ4n) is 2.42. The van der Waals surface area contributed by atoms with Crippen LogP contribution in [0.3, 0.4) is 0 Å². The minimum Gasteiger partial charge on any atom is -0.497 e. The van der Waals surface area contributed by atoms with Crippen LogP contribution >= 0.6 is 0 Å². The van der Waals surface area contributed by atoms with Crippen molar-refractivity contribution in [2.75, 3.05) is 20.3 Å². The highest BCUT2D eigenvalue weighted by molar-refractivity contribution is 5.95. The average Bonchev–Trinajstić information content (AvgIpc) is 2.72. The Morgan fingerprint density at radius 3 is 2.69 bits per heavy atom. The second kappa shape index (κ2) is 10.6. The Morgan fingerprint density at radius 1 is 1.24 bits per heavy atom. The molecule has 0 radical (unpaired) electrons. The van der Waals surface area contributed by atoms with Gasteiger partial charge >= 0.3 is 5.69 Å². The van der Waals surface area contributed by atoms with E-state index in [-0.39, 0.29) is 17.2 Å². The van der Waals surface area contributed by atoms with Crippen molar-refractivity contribution < 1.29 is 23.9 Å². The Hall–Kier alpha value is -3.62. The SMILES string of the molecule is CCCOc1c(OCC)cc(/C=N/NC(=O)c2cccc(OC)c2)cc1[N+](=O)[O-]. The number of hydrogen-bond acceptors (Lipinski definition) is 7. The van der Waals surface area contributed by atoms with Crippen molar-refractivity contribution in [2.45, 2.75) is 20.3 Å². The van der Waals surface area contributed by atoms with Crippen molar-refractivity contribution in [1.29, 1.82) is 0 Å². The van der Waals surface area contributed by atoms with Crippen LogP contribution in [-0.2, 0) is 0 Å². The largest absolute Gasteiger partial charge is 0.497 e. The first kappa shape index (κ1) is 21.7. The van der Waals surface area contributed by atoms with Crippen LogP contribution in [0, 0.1) is 10.1 Å². The van der Waals surface area contributed by atoms with Crippen molar-refractivity contribution >= 4 is 17.8 Å². The van der Waals surface area contributed by atoms with Gasteiger partial charge in [0.25, 0.3) is 5.91 Å². The molecule has 2 aromatic carbocycles. The van der Waals surface area contributed by atoms with Crippen LogP contribution in [-0.4, -0.2) is 37.4 Å². The van der Waals surface area contributed by atoms with Crippen molar-refractivity contribution in [3.05, 3.63) is 57.6 Å². The van der Waals surface area contributed by atoms with Crippen LogP contribution in [0.15, 0.2) is 41.5 Å². The molecular weight excluding hydrogens is 378 g/mol. The quantitative estimate of drug-likeness (QED) is 0.370. The van der Waals surface area contributed by atoms with Gasteiger partial charge in [0.15, 0.2) is 5.75 Å². The van der Waals surface area contributed by atoms with Gasteiger partial charge in [-0.25, -0.2) is 5.43 Å². The maximum atomic E-state index is 12.2. The Morgan fingerprint density at radius 2 is 2.03 bits per heavy atom. The maximum absolute atomic E-state index is 12.2. The lowest BCUT2D eigenvalue weighted by Crippen LogP contribution is -2.17. The number of nitrogens with zero attached hydrogens (tertiary/aromatic N) is 2. The number of hydrazone groups is 1. The third kappa shape index (κ3) is 5.93. The average molecular weight is 401 g/mol. The molecule has 29 heavy (non-hydrogen) atoms. The highest BCUT2D eigenvalue weighted by atomic mass is 16.6. The molecule has 1 amide bonds. The van der Waals surface area contributed by atoms with Crippen LogP contribution in [0.2, 0.25) is 0 Å². The van der Waals surface area contributed by atoms with Crippen molar-refractivity contribution in [1.82, 2.24) is 5.43 Å². The number of rotatable bonds is 10. The zero-order valence-corrected chi connectivity index (χ0v) is 16.5. The van der Waals surface area contributed by atoms with Crippen molar-refractivity contribution in [2.24, 2.45) is 5.10 Å². The summed E-state index contributed by atoms with van der Waals surface area (Å²) < 4.78 is 16.1. The van der Waals surface area contributed by atoms with Gasteiger partial charge in [-0.15, -0.1) is 0 Å². The molecule has 0 fully saturated rings.